The van der Waals surface area contributed by atoms with Gasteiger partial charge in [0.25, 0.3) is 0 Å². The highest BCUT2D eigenvalue weighted by Gasteiger charge is 2.30. The predicted octanol–water partition coefficient (Wildman–Crippen LogP) is 2.49. The summed E-state index contributed by atoms with van der Waals surface area (Å²) in [5.41, 5.74) is -0.235. The topological polar surface area (TPSA) is 49.4 Å². The van der Waals surface area contributed by atoms with Gasteiger partial charge in [0.1, 0.15) is 5.82 Å². The highest BCUT2D eigenvalue weighted by atomic mass is 35.5. The van der Waals surface area contributed by atoms with Gasteiger partial charge in [-0.25, -0.2) is 4.39 Å². The Hall–Kier alpha value is -1.62. The number of nitrogens with zero attached hydrogens (tertiary/aromatic N) is 1. The van der Waals surface area contributed by atoms with Crippen LogP contribution in [-0.4, -0.2) is 36.2 Å². The van der Waals surface area contributed by atoms with Gasteiger partial charge in [0.2, 0.25) is 11.8 Å². The van der Waals surface area contributed by atoms with Gasteiger partial charge in [-0.1, -0.05) is 0 Å². The lowest BCUT2D eigenvalue weighted by Gasteiger charge is -2.27. The molecule has 1 aromatic rings. The van der Waals surface area contributed by atoms with Crippen molar-refractivity contribution in [2.75, 3.05) is 24.8 Å². The van der Waals surface area contributed by atoms with Gasteiger partial charge in [-0.3, -0.25) is 9.59 Å². The zero-order valence-corrected chi connectivity index (χ0v) is 12.5. The van der Waals surface area contributed by atoms with E-state index in [0.29, 0.717) is 5.69 Å². The molecule has 0 unspecified atom stereocenters. The van der Waals surface area contributed by atoms with E-state index in [-0.39, 0.29) is 30.1 Å². The van der Waals surface area contributed by atoms with Crippen LogP contribution in [0.2, 0.25) is 0 Å². The number of carbonyl (C=O) groups excluding carboxylic acids is 2. The van der Waals surface area contributed by atoms with Crippen LogP contribution in [-0.2, 0) is 9.59 Å². The number of hydrogen-bond donors (Lipinski definition) is 1. The number of anilines is 1. The van der Waals surface area contributed by atoms with Crippen molar-refractivity contribution in [2.24, 2.45) is 5.41 Å². The highest BCUT2D eigenvalue weighted by molar-refractivity contribution is 6.19. The molecule has 1 rings (SSSR count). The van der Waals surface area contributed by atoms with Crippen LogP contribution < -0.4 is 5.32 Å². The van der Waals surface area contributed by atoms with E-state index in [1.54, 1.807) is 20.9 Å². The maximum Gasteiger partial charge on any atom is 0.243 e. The van der Waals surface area contributed by atoms with Crippen molar-refractivity contribution in [1.29, 1.82) is 0 Å². The summed E-state index contributed by atoms with van der Waals surface area (Å²) in [4.78, 5) is 25.2. The van der Waals surface area contributed by atoms with Gasteiger partial charge in [0.15, 0.2) is 0 Å². The molecule has 0 saturated heterocycles. The Morgan fingerprint density at radius 3 is 2.35 bits per heavy atom. The predicted molar refractivity (Wildman–Crippen MR) is 77.2 cm³/mol. The lowest BCUT2D eigenvalue weighted by molar-refractivity contribution is -0.140. The fraction of sp³-hybridized carbons (Fsp3) is 0.429. The first kappa shape index (κ1) is 16.4. The van der Waals surface area contributed by atoms with Gasteiger partial charge in [-0.05, 0) is 38.1 Å². The fourth-order valence-corrected chi connectivity index (χ4v) is 1.71. The first-order valence-corrected chi connectivity index (χ1v) is 6.66. The summed E-state index contributed by atoms with van der Waals surface area (Å²) in [7, 11) is 1.54. The van der Waals surface area contributed by atoms with Crippen LogP contribution in [0.1, 0.15) is 13.8 Å². The van der Waals surface area contributed by atoms with E-state index in [2.05, 4.69) is 5.32 Å². The van der Waals surface area contributed by atoms with E-state index >= 15 is 0 Å². The number of rotatable bonds is 5. The van der Waals surface area contributed by atoms with Crippen molar-refractivity contribution in [3.63, 3.8) is 0 Å². The van der Waals surface area contributed by atoms with Crippen LogP contribution in [0.15, 0.2) is 24.3 Å². The molecule has 110 valence electrons. The third kappa shape index (κ3) is 4.49. The van der Waals surface area contributed by atoms with Gasteiger partial charge in [0, 0.05) is 18.6 Å². The number of hydrogen-bond acceptors (Lipinski definition) is 2. The maximum atomic E-state index is 12.7. The quantitative estimate of drug-likeness (QED) is 0.849. The van der Waals surface area contributed by atoms with Crippen LogP contribution in [0.5, 0.6) is 0 Å². The Morgan fingerprint density at radius 1 is 1.30 bits per heavy atom. The molecule has 4 nitrogen and oxygen atoms in total. The number of nitrogens with one attached hydrogen (secondary N) is 1. The Morgan fingerprint density at radius 2 is 1.85 bits per heavy atom. The number of halogens is 2. The van der Waals surface area contributed by atoms with Crippen LogP contribution in [0.25, 0.3) is 0 Å². The van der Waals surface area contributed by atoms with E-state index in [4.69, 9.17) is 11.6 Å². The summed E-state index contributed by atoms with van der Waals surface area (Å²) in [6.07, 6.45) is 0. The number of amides is 2. The largest absolute Gasteiger partial charge is 0.336 e. The van der Waals surface area contributed by atoms with Gasteiger partial charge >= 0.3 is 0 Å². The third-order valence-electron chi connectivity index (χ3n) is 2.77. The molecule has 2 amide bonds. The molecule has 0 aliphatic rings. The molecule has 0 radical (unpaired) electrons. The minimum absolute atomic E-state index is 0.0868. The van der Waals surface area contributed by atoms with Crippen molar-refractivity contribution >= 4 is 29.1 Å². The lowest BCUT2D eigenvalue weighted by atomic mass is 9.94. The number of likely N-dealkylation sites (N-methyl/N-ethyl adjacent to an activating group) is 1. The Kier molecular flexibility index (Phi) is 5.51. The van der Waals surface area contributed by atoms with Crippen molar-refractivity contribution in [3.8, 4) is 0 Å². The number of benzene rings is 1. The molecule has 0 aliphatic carbocycles. The van der Waals surface area contributed by atoms with Crippen molar-refractivity contribution < 1.29 is 14.0 Å². The second kappa shape index (κ2) is 6.70. The fourth-order valence-electron chi connectivity index (χ4n) is 1.59. The molecule has 0 atom stereocenters. The smallest absolute Gasteiger partial charge is 0.243 e. The standard InChI is InChI=1S/C14H18ClFN2O2/c1-14(2,9-15)13(20)18(3)8-12(19)17-11-6-4-10(16)5-7-11/h4-7H,8-9H2,1-3H3,(H,17,19). The molecular weight excluding hydrogens is 283 g/mol. The highest BCUT2D eigenvalue weighted by Crippen LogP contribution is 2.19. The molecule has 0 aromatic heterocycles. The lowest BCUT2D eigenvalue weighted by Crippen LogP contribution is -2.43. The van der Waals surface area contributed by atoms with Gasteiger partial charge in [0.05, 0.1) is 12.0 Å². The normalized spacial score (nSPS) is 11.1. The van der Waals surface area contributed by atoms with E-state index < -0.39 is 5.41 Å². The summed E-state index contributed by atoms with van der Waals surface area (Å²) in [6, 6.07) is 5.41. The maximum absolute atomic E-state index is 12.7. The van der Waals surface area contributed by atoms with Crippen molar-refractivity contribution in [1.82, 2.24) is 4.90 Å². The average Bonchev–Trinajstić information content (AvgIpc) is 2.40. The number of alkyl halides is 1. The van der Waals surface area contributed by atoms with Gasteiger partial charge in [-0.2, -0.15) is 0 Å². The second-order valence-electron chi connectivity index (χ2n) is 5.23. The monoisotopic (exact) mass is 300 g/mol. The van der Waals surface area contributed by atoms with Crippen LogP contribution in [0.4, 0.5) is 10.1 Å². The van der Waals surface area contributed by atoms with E-state index in [9.17, 15) is 14.0 Å². The second-order valence-corrected chi connectivity index (χ2v) is 5.50. The van der Waals surface area contributed by atoms with E-state index in [1.807, 2.05) is 0 Å². The Bertz CT molecular complexity index is 488. The zero-order valence-electron chi connectivity index (χ0n) is 11.7. The van der Waals surface area contributed by atoms with E-state index in [0.717, 1.165) is 0 Å². The van der Waals surface area contributed by atoms with Crippen LogP contribution in [0.3, 0.4) is 0 Å². The molecule has 1 N–H and O–H groups in total. The third-order valence-corrected chi connectivity index (χ3v) is 3.44. The van der Waals surface area contributed by atoms with Gasteiger partial charge < -0.3 is 10.2 Å². The van der Waals surface area contributed by atoms with Crippen molar-refractivity contribution in [2.45, 2.75) is 13.8 Å². The molecule has 0 bridgehead atoms. The van der Waals surface area contributed by atoms with Crippen LogP contribution in [0, 0.1) is 11.2 Å². The SMILES string of the molecule is CN(CC(=O)Nc1ccc(F)cc1)C(=O)C(C)(C)CCl. The zero-order chi connectivity index (χ0) is 15.3. The van der Waals surface area contributed by atoms with Crippen LogP contribution >= 0.6 is 11.6 Å². The molecule has 0 saturated carbocycles. The summed E-state index contributed by atoms with van der Waals surface area (Å²) in [5.74, 6) is -0.755. The molecule has 1 aromatic carbocycles. The molecule has 0 spiro atoms. The van der Waals surface area contributed by atoms with Gasteiger partial charge in [-0.15, -0.1) is 11.6 Å². The number of carbonyl (C=O) groups is 2. The summed E-state index contributed by atoms with van der Waals surface area (Å²) in [6.45, 7) is 3.35. The molecular formula is C14H18ClFN2O2. The summed E-state index contributed by atoms with van der Waals surface area (Å²) < 4.78 is 12.7. The minimum Gasteiger partial charge on any atom is -0.336 e. The Labute approximate surface area is 122 Å². The average molecular weight is 301 g/mol. The molecule has 6 heteroatoms. The first-order valence-electron chi connectivity index (χ1n) is 6.13. The minimum atomic E-state index is -0.716. The molecule has 20 heavy (non-hydrogen) atoms. The van der Waals surface area contributed by atoms with E-state index in [1.165, 1.54) is 29.2 Å². The van der Waals surface area contributed by atoms with Crippen molar-refractivity contribution in [3.05, 3.63) is 30.1 Å². The molecule has 0 fully saturated rings. The summed E-state index contributed by atoms with van der Waals surface area (Å²) in [5, 5.41) is 2.59. The molecule has 0 aliphatic heterocycles. The summed E-state index contributed by atoms with van der Waals surface area (Å²) >= 11 is 5.73. The first-order chi connectivity index (χ1) is 9.26. The molecule has 0 heterocycles. The Balaban J connectivity index is 2.58.